The lowest BCUT2D eigenvalue weighted by molar-refractivity contribution is 0.0699. The van der Waals surface area contributed by atoms with Crippen molar-refractivity contribution in [3.63, 3.8) is 0 Å². The molecule has 0 aliphatic carbocycles. The standard InChI is InChI=1S/C15H16N2O2/c18-15(19)12-6-7-16-14-5-4-11(10-13(12)14)17-8-2-1-3-9-17/h4-7,10H,1-3,8-9H2,(H,18,19). The molecule has 0 atom stereocenters. The molecular formula is C15H16N2O2. The number of carboxylic acids is 1. The molecule has 0 amide bonds. The van der Waals surface area contributed by atoms with Crippen LogP contribution in [0.25, 0.3) is 10.9 Å². The number of benzene rings is 1. The summed E-state index contributed by atoms with van der Waals surface area (Å²) < 4.78 is 0. The fourth-order valence-corrected chi connectivity index (χ4v) is 2.67. The number of hydrogen-bond acceptors (Lipinski definition) is 3. The maximum absolute atomic E-state index is 11.3. The molecule has 1 aromatic carbocycles. The molecule has 0 spiro atoms. The second-order valence-corrected chi connectivity index (χ2v) is 4.91. The molecule has 1 aliphatic rings. The monoisotopic (exact) mass is 256 g/mol. The van der Waals surface area contributed by atoms with Gasteiger partial charge in [0.2, 0.25) is 0 Å². The quantitative estimate of drug-likeness (QED) is 0.897. The molecule has 0 unspecified atom stereocenters. The van der Waals surface area contributed by atoms with Gasteiger partial charge >= 0.3 is 5.97 Å². The largest absolute Gasteiger partial charge is 0.478 e. The number of rotatable bonds is 2. The molecule has 1 aliphatic heterocycles. The number of hydrogen-bond donors (Lipinski definition) is 1. The van der Waals surface area contributed by atoms with Gasteiger partial charge in [-0.1, -0.05) is 0 Å². The van der Waals surface area contributed by atoms with Gasteiger partial charge in [-0.25, -0.2) is 4.79 Å². The minimum absolute atomic E-state index is 0.323. The summed E-state index contributed by atoms with van der Waals surface area (Å²) in [6, 6.07) is 7.46. The molecule has 0 bridgehead atoms. The highest BCUT2D eigenvalue weighted by Gasteiger charge is 2.14. The van der Waals surface area contributed by atoms with Crippen LogP contribution in [0.1, 0.15) is 29.6 Å². The SMILES string of the molecule is O=C(O)c1ccnc2ccc(N3CCCCC3)cc12. The molecule has 98 valence electrons. The van der Waals surface area contributed by atoms with Crippen molar-refractivity contribution in [2.75, 3.05) is 18.0 Å². The van der Waals surface area contributed by atoms with E-state index in [0.29, 0.717) is 5.56 Å². The smallest absolute Gasteiger partial charge is 0.336 e. The Morgan fingerprint density at radius 2 is 1.95 bits per heavy atom. The molecule has 1 saturated heterocycles. The van der Waals surface area contributed by atoms with Crippen molar-refractivity contribution < 1.29 is 9.90 Å². The van der Waals surface area contributed by atoms with Gasteiger partial charge < -0.3 is 10.0 Å². The van der Waals surface area contributed by atoms with Crippen LogP contribution in [0.3, 0.4) is 0 Å². The third-order valence-corrected chi connectivity index (χ3v) is 3.68. The summed E-state index contributed by atoms with van der Waals surface area (Å²) in [5, 5.41) is 9.96. The zero-order valence-electron chi connectivity index (χ0n) is 10.7. The first kappa shape index (κ1) is 12.0. The van der Waals surface area contributed by atoms with Gasteiger partial charge in [-0.3, -0.25) is 4.98 Å². The number of pyridine rings is 1. The Kier molecular flexibility index (Phi) is 3.07. The van der Waals surface area contributed by atoms with E-state index in [4.69, 9.17) is 0 Å². The number of anilines is 1. The minimum Gasteiger partial charge on any atom is -0.478 e. The van der Waals surface area contributed by atoms with E-state index in [2.05, 4.69) is 9.88 Å². The van der Waals surface area contributed by atoms with Crippen LogP contribution in [-0.4, -0.2) is 29.1 Å². The number of fused-ring (bicyclic) bond motifs is 1. The molecule has 1 fully saturated rings. The Balaban J connectivity index is 2.08. The summed E-state index contributed by atoms with van der Waals surface area (Å²) in [4.78, 5) is 17.8. The van der Waals surface area contributed by atoms with Crippen LogP contribution in [0, 0.1) is 0 Å². The number of aromatic carboxylic acids is 1. The lowest BCUT2D eigenvalue weighted by Crippen LogP contribution is -2.29. The average Bonchev–Trinajstić information content (AvgIpc) is 2.47. The lowest BCUT2D eigenvalue weighted by Gasteiger charge is -2.29. The van der Waals surface area contributed by atoms with E-state index < -0.39 is 5.97 Å². The highest BCUT2D eigenvalue weighted by atomic mass is 16.4. The molecule has 0 radical (unpaired) electrons. The van der Waals surface area contributed by atoms with Crippen molar-refractivity contribution in [3.05, 3.63) is 36.0 Å². The Bertz CT molecular complexity index is 619. The van der Waals surface area contributed by atoms with Crippen molar-refractivity contribution in [1.82, 2.24) is 4.98 Å². The molecular weight excluding hydrogens is 240 g/mol. The van der Waals surface area contributed by atoms with Crippen molar-refractivity contribution in [1.29, 1.82) is 0 Å². The van der Waals surface area contributed by atoms with Gasteiger partial charge in [0.05, 0.1) is 11.1 Å². The van der Waals surface area contributed by atoms with E-state index in [-0.39, 0.29) is 0 Å². The van der Waals surface area contributed by atoms with Gasteiger partial charge in [0, 0.05) is 30.4 Å². The summed E-state index contributed by atoms with van der Waals surface area (Å²) in [5.74, 6) is -0.900. The zero-order valence-corrected chi connectivity index (χ0v) is 10.7. The average molecular weight is 256 g/mol. The molecule has 2 heterocycles. The third-order valence-electron chi connectivity index (χ3n) is 3.68. The van der Waals surface area contributed by atoms with Gasteiger partial charge in [0.25, 0.3) is 0 Å². The van der Waals surface area contributed by atoms with Crippen LogP contribution in [0.4, 0.5) is 5.69 Å². The predicted molar refractivity (Wildman–Crippen MR) is 74.8 cm³/mol. The van der Waals surface area contributed by atoms with Gasteiger partial charge in [-0.05, 0) is 43.5 Å². The molecule has 1 N–H and O–H groups in total. The second-order valence-electron chi connectivity index (χ2n) is 4.91. The number of carboxylic acid groups (broad SMARTS) is 1. The second kappa shape index (κ2) is 4.88. The first-order valence-electron chi connectivity index (χ1n) is 6.63. The highest BCUT2D eigenvalue weighted by molar-refractivity contribution is 6.03. The fourth-order valence-electron chi connectivity index (χ4n) is 2.67. The van der Waals surface area contributed by atoms with E-state index >= 15 is 0 Å². The number of carbonyl (C=O) groups is 1. The van der Waals surface area contributed by atoms with Crippen LogP contribution in [-0.2, 0) is 0 Å². The Hall–Kier alpha value is -2.10. The van der Waals surface area contributed by atoms with Crippen LogP contribution in [0.5, 0.6) is 0 Å². The molecule has 4 heteroatoms. The molecule has 0 saturated carbocycles. The van der Waals surface area contributed by atoms with Crippen molar-refractivity contribution >= 4 is 22.6 Å². The summed E-state index contributed by atoms with van der Waals surface area (Å²) in [7, 11) is 0. The van der Waals surface area contributed by atoms with Gasteiger partial charge in [-0.15, -0.1) is 0 Å². The molecule has 4 nitrogen and oxygen atoms in total. The van der Waals surface area contributed by atoms with E-state index in [0.717, 1.165) is 29.7 Å². The van der Waals surface area contributed by atoms with Crippen LogP contribution in [0.15, 0.2) is 30.5 Å². The minimum atomic E-state index is -0.900. The molecule has 3 rings (SSSR count). The fraction of sp³-hybridized carbons (Fsp3) is 0.333. The van der Waals surface area contributed by atoms with E-state index in [1.807, 2.05) is 18.2 Å². The van der Waals surface area contributed by atoms with Gasteiger partial charge in [0.1, 0.15) is 0 Å². The summed E-state index contributed by atoms with van der Waals surface area (Å²) in [5.41, 5.74) is 2.16. The topological polar surface area (TPSA) is 53.4 Å². The first-order valence-corrected chi connectivity index (χ1v) is 6.63. The van der Waals surface area contributed by atoms with E-state index in [9.17, 15) is 9.90 Å². The van der Waals surface area contributed by atoms with Gasteiger partial charge in [0.15, 0.2) is 0 Å². The summed E-state index contributed by atoms with van der Waals surface area (Å²) in [6.45, 7) is 2.10. The highest BCUT2D eigenvalue weighted by Crippen LogP contribution is 2.25. The number of piperidine rings is 1. The van der Waals surface area contributed by atoms with Crippen molar-refractivity contribution in [2.24, 2.45) is 0 Å². The van der Waals surface area contributed by atoms with E-state index in [1.165, 1.54) is 19.3 Å². The van der Waals surface area contributed by atoms with Crippen molar-refractivity contribution in [3.8, 4) is 0 Å². The Morgan fingerprint density at radius 3 is 2.68 bits per heavy atom. The van der Waals surface area contributed by atoms with Gasteiger partial charge in [-0.2, -0.15) is 0 Å². The zero-order chi connectivity index (χ0) is 13.2. The van der Waals surface area contributed by atoms with E-state index in [1.54, 1.807) is 12.3 Å². The van der Waals surface area contributed by atoms with Crippen LogP contribution in [0.2, 0.25) is 0 Å². The Labute approximate surface area is 111 Å². The number of nitrogens with zero attached hydrogens (tertiary/aromatic N) is 2. The Morgan fingerprint density at radius 1 is 1.16 bits per heavy atom. The third kappa shape index (κ3) is 2.26. The van der Waals surface area contributed by atoms with Crippen LogP contribution >= 0.6 is 0 Å². The number of aromatic nitrogens is 1. The maximum atomic E-state index is 11.3. The summed E-state index contributed by atoms with van der Waals surface area (Å²) in [6.07, 6.45) is 5.24. The normalized spacial score (nSPS) is 15.7. The van der Waals surface area contributed by atoms with Crippen LogP contribution < -0.4 is 4.90 Å². The lowest BCUT2D eigenvalue weighted by atomic mass is 10.1. The maximum Gasteiger partial charge on any atom is 0.336 e. The molecule has 2 aromatic rings. The predicted octanol–water partition coefficient (Wildman–Crippen LogP) is 2.92. The molecule has 1 aromatic heterocycles. The van der Waals surface area contributed by atoms with Crippen molar-refractivity contribution in [2.45, 2.75) is 19.3 Å². The molecule has 19 heavy (non-hydrogen) atoms. The first-order chi connectivity index (χ1) is 9.25. The summed E-state index contributed by atoms with van der Waals surface area (Å²) >= 11 is 0.